The molecule has 1 N–H and O–H groups in total. The fraction of sp³-hybridized carbons (Fsp3) is 0.316. The van der Waals surface area contributed by atoms with Crippen LogP contribution in [-0.4, -0.2) is 36.6 Å². The third-order valence-corrected chi connectivity index (χ3v) is 4.26. The van der Waals surface area contributed by atoms with E-state index in [0.29, 0.717) is 5.82 Å². The summed E-state index contributed by atoms with van der Waals surface area (Å²) in [5.74, 6) is -0.867. The number of aromatic nitrogens is 2. The molecule has 1 atom stereocenters. The van der Waals surface area contributed by atoms with Gasteiger partial charge in [-0.1, -0.05) is 24.2 Å². The van der Waals surface area contributed by atoms with E-state index in [1.165, 1.54) is 12.3 Å². The Morgan fingerprint density at radius 2 is 2.07 bits per heavy atom. The molecule has 27 heavy (non-hydrogen) atoms. The Labute approximate surface area is 165 Å². The molecule has 1 unspecified atom stereocenters. The molecule has 1 fully saturated rings. The molecular weight excluding hydrogens is 366 g/mol. The maximum absolute atomic E-state index is 12.8. The van der Waals surface area contributed by atoms with Crippen LogP contribution in [0.2, 0.25) is 0 Å². The van der Waals surface area contributed by atoms with Gasteiger partial charge in [-0.15, -0.1) is 0 Å². The summed E-state index contributed by atoms with van der Waals surface area (Å²) in [6.45, 7) is 1.56. The molecule has 0 aliphatic heterocycles. The van der Waals surface area contributed by atoms with Crippen molar-refractivity contribution < 1.29 is 24.8 Å². The molecule has 1 aliphatic carbocycles. The lowest BCUT2D eigenvalue weighted by atomic mass is 10.2. The van der Waals surface area contributed by atoms with Crippen molar-refractivity contribution in [3.63, 3.8) is 0 Å². The number of carbonyl (C=O) groups is 1. The second-order valence-electron chi connectivity index (χ2n) is 6.20. The zero-order chi connectivity index (χ0) is 23.8. The summed E-state index contributed by atoms with van der Waals surface area (Å²) in [5.41, 5.74) is -0.124. The van der Waals surface area contributed by atoms with Crippen LogP contribution < -0.4 is 10.1 Å². The second kappa shape index (κ2) is 7.87. The smallest absolute Gasteiger partial charge is 0.258 e. The number of nitrogens with one attached hydrogen (secondary N) is 1. The molecule has 8 heteroatoms. The SMILES string of the molecule is [2H]c1c([2H])c([2H])c(Oc2nc(C3CC3)ncc2C(=O)NC(C)C=CS(C)(=O)=O)c([2H])c1[2H]. The average Bonchev–Trinajstić information content (AvgIpc) is 3.57. The molecule has 1 amide bonds. The van der Waals surface area contributed by atoms with Crippen molar-refractivity contribution in [2.24, 2.45) is 0 Å². The van der Waals surface area contributed by atoms with Gasteiger partial charge in [0.15, 0.2) is 9.84 Å². The molecule has 1 aromatic heterocycles. The van der Waals surface area contributed by atoms with E-state index in [4.69, 9.17) is 11.6 Å². The highest BCUT2D eigenvalue weighted by Crippen LogP contribution is 2.39. The zero-order valence-corrected chi connectivity index (χ0v) is 15.6. The van der Waals surface area contributed by atoms with E-state index < -0.39 is 57.7 Å². The van der Waals surface area contributed by atoms with E-state index in [2.05, 4.69) is 15.3 Å². The maximum Gasteiger partial charge on any atom is 0.258 e. The Hall–Kier alpha value is -2.74. The molecular formula is C19H21N3O4S. The van der Waals surface area contributed by atoms with Gasteiger partial charge >= 0.3 is 0 Å². The predicted octanol–water partition coefficient (Wildman–Crippen LogP) is 2.82. The van der Waals surface area contributed by atoms with Crippen LogP contribution in [0.3, 0.4) is 0 Å². The number of ether oxygens (including phenoxy) is 1. The van der Waals surface area contributed by atoms with Crippen LogP contribution in [0.5, 0.6) is 11.6 Å². The van der Waals surface area contributed by atoms with Gasteiger partial charge in [-0.05, 0) is 31.9 Å². The van der Waals surface area contributed by atoms with Crippen LogP contribution in [0, 0.1) is 0 Å². The van der Waals surface area contributed by atoms with Crippen molar-refractivity contribution in [1.29, 1.82) is 0 Å². The number of hydrogen-bond donors (Lipinski definition) is 1. The minimum absolute atomic E-state index is 0.103. The standard InChI is InChI=1S/C19H21N3O4S/c1-13(10-11-27(2,24)25)21-18(23)16-12-20-17(14-8-9-14)22-19(16)26-15-6-4-3-5-7-15/h3-7,10-14H,8-9H2,1-2H3,(H,21,23)/i3D,4D,5D,6D,7D. The molecule has 2 aromatic rings. The number of rotatable bonds is 7. The van der Waals surface area contributed by atoms with Crippen molar-refractivity contribution in [1.82, 2.24) is 15.3 Å². The maximum atomic E-state index is 12.8. The van der Waals surface area contributed by atoms with Gasteiger partial charge in [0.2, 0.25) is 5.88 Å². The van der Waals surface area contributed by atoms with Crippen LogP contribution in [0.25, 0.3) is 0 Å². The number of para-hydroxylation sites is 1. The van der Waals surface area contributed by atoms with Gasteiger partial charge in [-0.2, -0.15) is 4.98 Å². The highest BCUT2D eigenvalue weighted by atomic mass is 32.2. The molecule has 3 rings (SSSR count). The number of carbonyl (C=O) groups excluding carboxylic acids is 1. The number of hydrogen-bond acceptors (Lipinski definition) is 6. The van der Waals surface area contributed by atoms with Gasteiger partial charge in [0.25, 0.3) is 5.91 Å². The van der Waals surface area contributed by atoms with Gasteiger partial charge in [0.1, 0.15) is 17.1 Å². The van der Waals surface area contributed by atoms with Crippen molar-refractivity contribution in [2.45, 2.75) is 31.7 Å². The molecule has 7 nitrogen and oxygen atoms in total. The van der Waals surface area contributed by atoms with E-state index in [1.807, 2.05) is 0 Å². The Morgan fingerprint density at radius 3 is 2.70 bits per heavy atom. The second-order valence-corrected chi connectivity index (χ2v) is 8.13. The molecule has 0 spiro atoms. The Balaban J connectivity index is 1.98. The van der Waals surface area contributed by atoms with Crippen LogP contribution in [0.15, 0.2) is 47.9 Å². The molecule has 0 saturated heterocycles. The fourth-order valence-corrected chi connectivity index (χ4v) is 2.65. The van der Waals surface area contributed by atoms with Gasteiger partial charge in [-0.3, -0.25) is 4.79 Å². The molecule has 1 aromatic carbocycles. The summed E-state index contributed by atoms with van der Waals surface area (Å²) in [4.78, 5) is 21.2. The number of benzene rings is 1. The monoisotopic (exact) mass is 392 g/mol. The van der Waals surface area contributed by atoms with Crippen LogP contribution in [0.4, 0.5) is 0 Å². The van der Waals surface area contributed by atoms with Crippen LogP contribution >= 0.6 is 0 Å². The normalized spacial score (nSPS) is 18.1. The van der Waals surface area contributed by atoms with E-state index in [0.717, 1.165) is 24.5 Å². The summed E-state index contributed by atoms with van der Waals surface area (Å²) >= 11 is 0. The topological polar surface area (TPSA) is 98.2 Å². The number of nitrogens with zero attached hydrogens (tertiary/aromatic N) is 2. The first-order valence-electron chi connectivity index (χ1n) is 10.7. The van der Waals surface area contributed by atoms with Crippen molar-refractivity contribution in [3.8, 4) is 11.6 Å². The van der Waals surface area contributed by atoms with Gasteiger partial charge in [0.05, 0.1) is 6.85 Å². The van der Waals surface area contributed by atoms with E-state index >= 15 is 0 Å². The first kappa shape index (κ1) is 13.4. The molecule has 0 radical (unpaired) electrons. The quantitative estimate of drug-likeness (QED) is 0.778. The summed E-state index contributed by atoms with van der Waals surface area (Å²) in [7, 11) is -3.37. The van der Waals surface area contributed by atoms with Gasteiger partial charge in [-0.25, -0.2) is 13.4 Å². The molecule has 142 valence electrons. The Bertz CT molecular complexity index is 1190. The molecule has 1 aliphatic rings. The van der Waals surface area contributed by atoms with Crippen LogP contribution in [-0.2, 0) is 9.84 Å². The van der Waals surface area contributed by atoms with Crippen molar-refractivity contribution in [3.05, 3.63) is 59.3 Å². The van der Waals surface area contributed by atoms with Crippen molar-refractivity contribution >= 4 is 15.7 Å². The number of sulfone groups is 1. The fourth-order valence-electron chi connectivity index (χ4n) is 2.13. The lowest BCUT2D eigenvalue weighted by Crippen LogP contribution is -2.31. The molecule has 0 bridgehead atoms. The highest BCUT2D eigenvalue weighted by molar-refractivity contribution is 7.93. The third kappa shape index (κ3) is 5.62. The van der Waals surface area contributed by atoms with Gasteiger partial charge in [0, 0.05) is 29.8 Å². The first-order chi connectivity index (χ1) is 14.9. The Kier molecular flexibility index (Phi) is 3.92. The minimum atomic E-state index is -3.37. The lowest BCUT2D eigenvalue weighted by molar-refractivity contribution is 0.0943. The average molecular weight is 392 g/mol. The zero-order valence-electron chi connectivity index (χ0n) is 19.7. The Morgan fingerprint density at radius 1 is 1.37 bits per heavy atom. The predicted molar refractivity (Wildman–Crippen MR) is 101 cm³/mol. The molecule has 1 heterocycles. The summed E-state index contributed by atoms with van der Waals surface area (Å²) < 4.78 is 67.5. The van der Waals surface area contributed by atoms with Crippen molar-refractivity contribution in [2.75, 3.05) is 6.26 Å². The van der Waals surface area contributed by atoms with E-state index in [1.54, 1.807) is 6.92 Å². The van der Waals surface area contributed by atoms with E-state index in [9.17, 15) is 13.2 Å². The first-order valence-corrected chi connectivity index (χ1v) is 10.1. The van der Waals surface area contributed by atoms with Gasteiger partial charge < -0.3 is 10.1 Å². The lowest BCUT2D eigenvalue weighted by Gasteiger charge is -2.13. The summed E-state index contributed by atoms with van der Waals surface area (Å²) in [6, 6.07) is -3.53. The third-order valence-electron chi connectivity index (χ3n) is 3.61. The molecule has 1 saturated carbocycles. The van der Waals surface area contributed by atoms with E-state index in [-0.39, 0.29) is 17.4 Å². The van der Waals surface area contributed by atoms with Crippen LogP contribution in [0.1, 0.15) is 48.7 Å². The highest BCUT2D eigenvalue weighted by Gasteiger charge is 2.28. The summed E-state index contributed by atoms with van der Waals surface area (Å²) in [6.07, 6.45) is 5.30. The largest absolute Gasteiger partial charge is 0.438 e. The summed E-state index contributed by atoms with van der Waals surface area (Å²) in [5, 5.41) is 3.54. The number of amides is 1. The minimum Gasteiger partial charge on any atom is -0.438 e.